The van der Waals surface area contributed by atoms with Crippen molar-refractivity contribution < 1.29 is 9.53 Å². The molecule has 0 aliphatic carbocycles. The lowest BCUT2D eigenvalue weighted by Crippen LogP contribution is -2.24. The lowest BCUT2D eigenvalue weighted by Gasteiger charge is -2.10. The third-order valence-electron chi connectivity index (χ3n) is 3.87. The Morgan fingerprint density at radius 2 is 1.88 bits per heavy atom. The van der Waals surface area contributed by atoms with E-state index in [1.54, 1.807) is 6.08 Å². The summed E-state index contributed by atoms with van der Waals surface area (Å²) in [5.74, 6) is 0.904. The molecule has 0 spiro atoms. The van der Waals surface area contributed by atoms with Crippen molar-refractivity contribution in [3.05, 3.63) is 71.8 Å². The number of carbonyl (C=O) groups is 1. The Hall–Kier alpha value is -2.88. The first-order chi connectivity index (χ1) is 12.2. The summed E-state index contributed by atoms with van der Waals surface area (Å²) >= 11 is 0. The number of benzene rings is 2. The summed E-state index contributed by atoms with van der Waals surface area (Å²) in [7, 11) is 0. The Morgan fingerprint density at radius 3 is 2.56 bits per heavy atom. The molecule has 0 saturated carbocycles. The highest BCUT2D eigenvalue weighted by Gasteiger charge is 2.04. The van der Waals surface area contributed by atoms with E-state index in [1.807, 2.05) is 60.7 Å². The number of amides is 1. The number of hydrogen-bond acceptors (Lipinski definition) is 3. The van der Waals surface area contributed by atoms with Crippen molar-refractivity contribution in [2.75, 3.05) is 6.61 Å². The fraction of sp³-hybridized carbons (Fsp3) is 0.238. The summed E-state index contributed by atoms with van der Waals surface area (Å²) in [5, 5.41) is 3.86. The van der Waals surface area contributed by atoms with Gasteiger partial charge in [-0.25, -0.2) is 5.43 Å². The summed E-state index contributed by atoms with van der Waals surface area (Å²) in [5.41, 5.74) is 4.78. The van der Waals surface area contributed by atoms with Crippen molar-refractivity contribution in [1.82, 2.24) is 5.43 Å². The maximum absolute atomic E-state index is 11.7. The zero-order valence-electron chi connectivity index (χ0n) is 14.7. The number of nitrogens with one attached hydrogen (secondary N) is 1. The maximum Gasteiger partial charge on any atom is 0.277 e. The average molecular weight is 336 g/mol. The van der Waals surface area contributed by atoms with Gasteiger partial charge in [-0.15, -0.1) is 0 Å². The minimum absolute atomic E-state index is 0.0670. The Morgan fingerprint density at radius 1 is 1.16 bits per heavy atom. The Balaban J connectivity index is 1.71. The van der Waals surface area contributed by atoms with Gasteiger partial charge in [-0.05, 0) is 41.7 Å². The van der Waals surface area contributed by atoms with Crippen molar-refractivity contribution in [2.24, 2.45) is 5.10 Å². The molecule has 1 amide bonds. The van der Waals surface area contributed by atoms with Crippen LogP contribution in [0, 0.1) is 0 Å². The van der Waals surface area contributed by atoms with Crippen LogP contribution in [0.25, 0.3) is 6.08 Å². The Kier molecular flexibility index (Phi) is 7.44. The van der Waals surface area contributed by atoms with Gasteiger partial charge in [0.15, 0.2) is 6.61 Å². The maximum atomic E-state index is 11.7. The molecule has 1 N–H and O–H groups in total. The highest BCUT2D eigenvalue weighted by atomic mass is 16.5. The van der Waals surface area contributed by atoms with Crippen LogP contribution in [0.3, 0.4) is 0 Å². The van der Waals surface area contributed by atoms with E-state index >= 15 is 0 Å². The lowest BCUT2D eigenvalue weighted by molar-refractivity contribution is -0.123. The molecule has 0 heterocycles. The third kappa shape index (κ3) is 6.63. The summed E-state index contributed by atoms with van der Waals surface area (Å²) in [6.07, 6.45) is 6.31. The minimum atomic E-state index is -0.296. The molecule has 2 rings (SSSR count). The van der Waals surface area contributed by atoms with Gasteiger partial charge in [-0.2, -0.15) is 5.10 Å². The van der Waals surface area contributed by atoms with Crippen LogP contribution < -0.4 is 10.2 Å². The van der Waals surface area contributed by atoms with E-state index in [0.29, 0.717) is 11.7 Å². The largest absolute Gasteiger partial charge is 0.484 e. The van der Waals surface area contributed by atoms with Gasteiger partial charge in [0.05, 0.1) is 0 Å². The van der Waals surface area contributed by atoms with Crippen LogP contribution in [0.2, 0.25) is 0 Å². The van der Waals surface area contributed by atoms with Gasteiger partial charge in [0, 0.05) is 6.21 Å². The second kappa shape index (κ2) is 10.1. The quantitative estimate of drug-likeness (QED) is 0.574. The summed E-state index contributed by atoms with van der Waals surface area (Å²) in [6, 6.07) is 17.7. The second-order valence-electron chi connectivity index (χ2n) is 5.75. The molecule has 1 atom stereocenters. The van der Waals surface area contributed by atoms with Crippen LogP contribution in [0.4, 0.5) is 0 Å². The Labute approximate surface area is 149 Å². The lowest BCUT2D eigenvalue weighted by atomic mass is 9.99. The van der Waals surface area contributed by atoms with Gasteiger partial charge in [-0.1, -0.05) is 62.4 Å². The van der Waals surface area contributed by atoms with Gasteiger partial charge in [0.1, 0.15) is 5.75 Å². The summed E-state index contributed by atoms with van der Waals surface area (Å²) < 4.78 is 5.46. The molecule has 2 aromatic carbocycles. The number of allylic oxidation sites excluding steroid dienone is 1. The monoisotopic (exact) mass is 336 g/mol. The fourth-order valence-corrected chi connectivity index (χ4v) is 2.18. The Bertz CT molecular complexity index is 706. The van der Waals surface area contributed by atoms with E-state index in [9.17, 15) is 4.79 Å². The number of hydrazone groups is 1. The van der Waals surface area contributed by atoms with E-state index in [2.05, 4.69) is 24.4 Å². The molecule has 0 bridgehead atoms. The third-order valence-corrected chi connectivity index (χ3v) is 3.87. The molecule has 0 aromatic heterocycles. The number of ether oxygens (including phenoxy) is 1. The van der Waals surface area contributed by atoms with Crippen molar-refractivity contribution in [3.8, 4) is 5.75 Å². The molecule has 25 heavy (non-hydrogen) atoms. The molecular weight excluding hydrogens is 312 g/mol. The van der Waals surface area contributed by atoms with E-state index in [1.165, 1.54) is 11.8 Å². The first-order valence-electron chi connectivity index (χ1n) is 8.45. The molecule has 2 aromatic rings. The van der Waals surface area contributed by atoms with E-state index < -0.39 is 0 Å². The fourth-order valence-electron chi connectivity index (χ4n) is 2.18. The van der Waals surface area contributed by atoms with Crippen molar-refractivity contribution >= 4 is 18.2 Å². The van der Waals surface area contributed by atoms with Crippen LogP contribution in [0.5, 0.6) is 5.75 Å². The smallest absolute Gasteiger partial charge is 0.277 e. The molecule has 4 heteroatoms. The molecule has 0 saturated heterocycles. The molecule has 1 unspecified atom stereocenters. The zero-order chi connectivity index (χ0) is 17.9. The van der Waals surface area contributed by atoms with Crippen LogP contribution in [0.1, 0.15) is 37.3 Å². The van der Waals surface area contributed by atoms with Crippen LogP contribution in [-0.2, 0) is 4.79 Å². The highest BCUT2D eigenvalue weighted by Crippen LogP contribution is 2.21. The zero-order valence-corrected chi connectivity index (χ0v) is 14.7. The van der Waals surface area contributed by atoms with Crippen molar-refractivity contribution in [1.29, 1.82) is 0 Å². The van der Waals surface area contributed by atoms with Gasteiger partial charge in [-0.3, -0.25) is 4.79 Å². The molecular formula is C21H24N2O2. The topological polar surface area (TPSA) is 50.7 Å². The normalized spacial score (nSPS) is 12.4. The molecule has 130 valence electrons. The predicted octanol–water partition coefficient (Wildman–Crippen LogP) is 4.39. The molecule has 0 radical (unpaired) electrons. The van der Waals surface area contributed by atoms with Crippen LogP contribution in [-0.4, -0.2) is 18.7 Å². The van der Waals surface area contributed by atoms with Crippen molar-refractivity contribution in [2.45, 2.75) is 26.2 Å². The standard InChI is InChI=1S/C21H24N2O2/c1-3-17(2)19-11-13-20(14-12-19)25-16-21(24)23-22-15-7-10-18-8-5-4-6-9-18/h4-15,17H,3,16H2,1-2H3,(H,23,24)/b10-7+,22-15+. The number of nitrogens with zero attached hydrogens (tertiary/aromatic N) is 1. The van der Waals surface area contributed by atoms with Crippen LogP contribution >= 0.6 is 0 Å². The summed E-state index contributed by atoms with van der Waals surface area (Å²) in [4.78, 5) is 11.7. The average Bonchev–Trinajstić information content (AvgIpc) is 2.66. The van der Waals surface area contributed by atoms with E-state index in [-0.39, 0.29) is 12.5 Å². The minimum Gasteiger partial charge on any atom is -0.484 e. The first kappa shape index (κ1) is 18.5. The van der Waals surface area contributed by atoms with Gasteiger partial charge >= 0.3 is 0 Å². The van der Waals surface area contributed by atoms with Crippen molar-refractivity contribution in [3.63, 3.8) is 0 Å². The first-order valence-corrected chi connectivity index (χ1v) is 8.45. The van der Waals surface area contributed by atoms with E-state index in [0.717, 1.165) is 12.0 Å². The highest BCUT2D eigenvalue weighted by molar-refractivity contribution is 5.81. The van der Waals surface area contributed by atoms with Crippen LogP contribution in [0.15, 0.2) is 65.8 Å². The number of carbonyl (C=O) groups excluding carboxylic acids is 1. The molecule has 0 aliphatic heterocycles. The second-order valence-corrected chi connectivity index (χ2v) is 5.75. The van der Waals surface area contributed by atoms with Gasteiger partial charge < -0.3 is 4.74 Å². The molecule has 0 fully saturated rings. The SMILES string of the molecule is CCC(C)c1ccc(OCC(=O)N/N=C/C=C/c2ccccc2)cc1. The van der Waals surface area contributed by atoms with Gasteiger partial charge in [0.2, 0.25) is 0 Å². The molecule has 4 nitrogen and oxygen atoms in total. The number of hydrogen-bond donors (Lipinski definition) is 1. The van der Waals surface area contributed by atoms with E-state index in [4.69, 9.17) is 4.74 Å². The molecule has 0 aliphatic rings. The van der Waals surface area contributed by atoms with Gasteiger partial charge in [0.25, 0.3) is 5.91 Å². The number of rotatable bonds is 8. The summed E-state index contributed by atoms with van der Waals surface area (Å²) in [6.45, 7) is 4.28. The predicted molar refractivity (Wildman–Crippen MR) is 103 cm³/mol.